The van der Waals surface area contributed by atoms with Crippen LogP contribution in [0.25, 0.3) is 0 Å². The van der Waals surface area contributed by atoms with E-state index < -0.39 is 71.2 Å². The Bertz CT molecular complexity index is 1370. The number of unbranched alkanes of at least 4 members (excludes halogenated alkanes) is 11. The Labute approximate surface area is 355 Å². The SMILES string of the molecule is CC/C=C/C/C=C/C/C=C/C/C=C/C/C=C/C/C=C/CCC(=O)OC[C@H](CO[C@H]1O[C@H](CS(=O)(=O)O)[C@@H](O)C(O)C1O)OC(=O)CCCCCCCCCCCCCC. The Balaban J connectivity index is 2.51. The van der Waals surface area contributed by atoms with E-state index in [1.165, 1.54) is 51.4 Å². The van der Waals surface area contributed by atoms with Crippen molar-refractivity contribution in [2.45, 2.75) is 185 Å². The van der Waals surface area contributed by atoms with Gasteiger partial charge in [0.15, 0.2) is 12.4 Å². The molecule has 0 aliphatic carbocycles. The average Bonchev–Trinajstić information content (AvgIpc) is 3.20. The summed E-state index contributed by atoms with van der Waals surface area (Å²) >= 11 is 0. The molecule has 4 N–H and O–H groups in total. The van der Waals surface area contributed by atoms with Gasteiger partial charge in [-0.15, -0.1) is 0 Å². The van der Waals surface area contributed by atoms with Crippen molar-refractivity contribution in [2.75, 3.05) is 19.0 Å². The van der Waals surface area contributed by atoms with E-state index in [2.05, 4.69) is 74.6 Å². The topological polar surface area (TPSA) is 186 Å². The molecule has 13 heteroatoms. The summed E-state index contributed by atoms with van der Waals surface area (Å²) < 4.78 is 53.9. The van der Waals surface area contributed by atoms with Gasteiger partial charge in [-0.2, -0.15) is 8.42 Å². The molecule has 1 saturated heterocycles. The molecule has 2 unspecified atom stereocenters. The van der Waals surface area contributed by atoms with Crippen molar-refractivity contribution in [3.05, 3.63) is 72.9 Å². The van der Waals surface area contributed by atoms with E-state index in [0.717, 1.165) is 57.8 Å². The van der Waals surface area contributed by atoms with E-state index in [4.69, 9.17) is 18.9 Å². The minimum absolute atomic E-state index is 0.0917. The molecule has 6 atom stereocenters. The van der Waals surface area contributed by atoms with Gasteiger partial charge < -0.3 is 34.3 Å². The maximum absolute atomic E-state index is 12.8. The molecule has 0 spiro atoms. The molecule has 1 heterocycles. The third kappa shape index (κ3) is 30.7. The zero-order valence-corrected chi connectivity index (χ0v) is 36.6. The van der Waals surface area contributed by atoms with Crippen LogP contribution in [0.3, 0.4) is 0 Å². The van der Waals surface area contributed by atoms with Crippen molar-refractivity contribution in [3.8, 4) is 0 Å². The van der Waals surface area contributed by atoms with Crippen LogP contribution in [0.5, 0.6) is 0 Å². The minimum atomic E-state index is -4.61. The predicted molar refractivity (Wildman–Crippen MR) is 233 cm³/mol. The molecule has 59 heavy (non-hydrogen) atoms. The van der Waals surface area contributed by atoms with Gasteiger partial charge in [-0.05, 0) is 51.4 Å². The standard InChI is InChI=1S/C46H76O12S/c1-3-5-7-9-11-13-15-17-18-19-20-21-22-23-25-26-28-30-32-34-41(47)55-36-39(37-56-46-45(51)44(50)43(49)40(58-46)38-59(52,53)54)57-42(48)35-33-31-29-27-24-16-14-12-10-8-6-4-2/h5,7,11,13,17-18,20-21,23,25,28,30,39-40,43-46,49-51H,3-4,6,8-10,12,14-16,19,22,24,26-27,29,31-38H2,1-2H3,(H,52,53,54)/b7-5+,13-11+,18-17+,21-20+,25-23+,30-28+/t39-,40-,43-,44?,45?,46+/m1/s1. The summed E-state index contributed by atoms with van der Waals surface area (Å²) in [5, 5.41) is 30.8. The van der Waals surface area contributed by atoms with Crippen LogP contribution in [0.2, 0.25) is 0 Å². The molecular formula is C46H76O12S. The molecule has 0 aromatic heterocycles. The van der Waals surface area contributed by atoms with Gasteiger partial charge >= 0.3 is 11.9 Å². The Morgan fingerprint density at radius 3 is 1.56 bits per heavy atom. The van der Waals surface area contributed by atoms with Gasteiger partial charge in [0.05, 0.1) is 6.61 Å². The minimum Gasteiger partial charge on any atom is -0.462 e. The van der Waals surface area contributed by atoms with E-state index in [1.54, 1.807) is 0 Å². The van der Waals surface area contributed by atoms with E-state index in [0.29, 0.717) is 12.8 Å². The van der Waals surface area contributed by atoms with Gasteiger partial charge in [-0.25, -0.2) is 0 Å². The highest BCUT2D eigenvalue weighted by molar-refractivity contribution is 7.85. The molecule has 0 bridgehead atoms. The molecule has 0 saturated carbocycles. The van der Waals surface area contributed by atoms with E-state index in [-0.39, 0.29) is 19.4 Å². The predicted octanol–water partition coefficient (Wildman–Crippen LogP) is 8.72. The molecule has 338 valence electrons. The monoisotopic (exact) mass is 853 g/mol. The number of carbonyl (C=O) groups is 2. The highest BCUT2D eigenvalue weighted by atomic mass is 32.2. The summed E-state index contributed by atoms with van der Waals surface area (Å²) in [6.45, 7) is 3.56. The lowest BCUT2D eigenvalue weighted by molar-refractivity contribution is -0.297. The molecule has 0 aromatic carbocycles. The summed E-state index contributed by atoms with van der Waals surface area (Å²) in [6.07, 6.45) is 35.4. The Morgan fingerprint density at radius 1 is 0.593 bits per heavy atom. The Kier molecular flexibility index (Phi) is 32.8. The summed E-state index contributed by atoms with van der Waals surface area (Å²) in [4.78, 5) is 25.3. The van der Waals surface area contributed by atoms with Crippen molar-refractivity contribution >= 4 is 22.1 Å². The Morgan fingerprint density at radius 2 is 1.07 bits per heavy atom. The van der Waals surface area contributed by atoms with Gasteiger partial charge in [-0.1, -0.05) is 157 Å². The van der Waals surface area contributed by atoms with Crippen molar-refractivity contribution < 1.29 is 56.8 Å². The average molecular weight is 853 g/mol. The molecule has 12 nitrogen and oxygen atoms in total. The lowest BCUT2D eigenvalue weighted by atomic mass is 10.00. The van der Waals surface area contributed by atoms with Crippen LogP contribution in [-0.4, -0.2) is 96.0 Å². The molecule has 0 radical (unpaired) electrons. The van der Waals surface area contributed by atoms with Crippen LogP contribution >= 0.6 is 0 Å². The maximum atomic E-state index is 12.8. The molecule has 1 aliphatic heterocycles. The molecule has 1 rings (SSSR count). The first-order valence-electron chi connectivity index (χ1n) is 22.0. The number of ether oxygens (including phenoxy) is 4. The van der Waals surface area contributed by atoms with E-state index in [1.807, 2.05) is 12.2 Å². The van der Waals surface area contributed by atoms with Crippen LogP contribution in [0.15, 0.2) is 72.9 Å². The van der Waals surface area contributed by atoms with Crippen molar-refractivity contribution in [1.29, 1.82) is 0 Å². The molecular weight excluding hydrogens is 777 g/mol. The van der Waals surface area contributed by atoms with Gasteiger partial charge in [-0.3, -0.25) is 14.1 Å². The first-order chi connectivity index (χ1) is 28.5. The van der Waals surface area contributed by atoms with Crippen molar-refractivity contribution in [1.82, 2.24) is 0 Å². The fourth-order valence-corrected chi connectivity index (χ4v) is 6.86. The summed E-state index contributed by atoms with van der Waals surface area (Å²) in [5.74, 6) is -2.10. The second-order valence-electron chi connectivity index (χ2n) is 15.0. The molecule has 1 fully saturated rings. The highest BCUT2D eigenvalue weighted by Gasteiger charge is 2.46. The zero-order chi connectivity index (χ0) is 43.4. The van der Waals surface area contributed by atoms with Gasteiger partial charge in [0.2, 0.25) is 0 Å². The number of aliphatic hydroxyl groups excluding tert-OH is 3. The lowest BCUT2D eigenvalue weighted by Gasteiger charge is -2.40. The first-order valence-corrected chi connectivity index (χ1v) is 23.6. The Hall–Kier alpha value is -2.91. The fraction of sp³-hybridized carbons (Fsp3) is 0.696. The fourth-order valence-electron chi connectivity index (χ4n) is 6.17. The smallest absolute Gasteiger partial charge is 0.306 e. The lowest BCUT2D eigenvalue weighted by Crippen LogP contribution is -2.60. The zero-order valence-electron chi connectivity index (χ0n) is 35.8. The van der Waals surface area contributed by atoms with Crippen LogP contribution < -0.4 is 0 Å². The van der Waals surface area contributed by atoms with E-state index >= 15 is 0 Å². The first kappa shape index (κ1) is 54.1. The van der Waals surface area contributed by atoms with Gasteiger partial charge in [0.25, 0.3) is 10.1 Å². The number of esters is 2. The largest absolute Gasteiger partial charge is 0.462 e. The summed E-state index contributed by atoms with van der Waals surface area (Å²) in [6, 6.07) is 0. The third-order valence-corrected chi connectivity index (χ3v) is 10.3. The van der Waals surface area contributed by atoms with Crippen LogP contribution in [0.4, 0.5) is 0 Å². The summed E-state index contributed by atoms with van der Waals surface area (Å²) in [7, 11) is -4.61. The van der Waals surface area contributed by atoms with E-state index in [9.17, 15) is 37.9 Å². The van der Waals surface area contributed by atoms with Gasteiger partial charge in [0, 0.05) is 12.8 Å². The number of hydrogen-bond donors (Lipinski definition) is 4. The number of allylic oxidation sites excluding steroid dienone is 12. The maximum Gasteiger partial charge on any atom is 0.306 e. The third-order valence-electron chi connectivity index (χ3n) is 9.56. The number of rotatable bonds is 35. The molecule has 0 amide bonds. The normalized spacial score (nSPS) is 20.9. The number of carbonyl (C=O) groups excluding carboxylic acids is 2. The second kappa shape index (κ2) is 35.8. The van der Waals surface area contributed by atoms with Crippen molar-refractivity contribution in [2.24, 2.45) is 0 Å². The van der Waals surface area contributed by atoms with Crippen molar-refractivity contribution in [3.63, 3.8) is 0 Å². The summed E-state index contributed by atoms with van der Waals surface area (Å²) in [5.41, 5.74) is 0. The molecule has 1 aliphatic rings. The quantitative estimate of drug-likeness (QED) is 0.0206. The van der Waals surface area contributed by atoms with Gasteiger partial charge in [0.1, 0.15) is 36.8 Å². The van der Waals surface area contributed by atoms with Crippen LogP contribution in [0, 0.1) is 0 Å². The number of hydrogen-bond acceptors (Lipinski definition) is 11. The second-order valence-corrected chi connectivity index (χ2v) is 16.5. The molecule has 0 aromatic rings. The van der Waals surface area contributed by atoms with Crippen LogP contribution in [-0.2, 0) is 38.7 Å². The highest BCUT2D eigenvalue weighted by Crippen LogP contribution is 2.24. The number of aliphatic hydroxyl groups is 3. The van der Waals surface area contributed by atoms with Crippen LogP contribution in [0.1, 0.15) is 149 Å².